The highest BCUT2D eigenvalue weighted by atomic mass is 15.0. The molecule has 0 saturated carbocycles. The molecule has 0 aromatic rings. The first-order valence-electron chi connectivity index (χ1n) is 4.52. The molecular weight excluding hydrogens is 146 g/mol. The maximum absolute atomic E-state index is 3.85. The molecule has 68 valence electrons. The van der Waals surface area contributed by atoms with Gasteiger partial charge in [-0.25, -0.2) is 0 Å². The highest BCUT2D eigenvalue weighted by molar-refractivity contribution is 5.31. The number of hydrogen-bond donors (Lipinski definition) is 1. The van der Waals surface area contributed by atoms with E-state index in [0.717, 1.165) is 0 Å². The number of rotatable bonds is 3. The molecule has 3 unspecified atom stereocenters. The van der Waals surface area contributed by atoms with E-state index in [4.69, 9.17) is 0 Å². The highest BCUT2D eigenvalue weighted by Gasteiger charge is 2.48. The number of likely N-dealkylation sites (N-methyl/N-ethyl adjacent to an activating group) is 1. The van der Waals surface area contributed by atoms with Gasteiger partial charge in [-0.1, -0.05) is 32.1 Å². The van der Waals surface area contributed by atoms with E-state index < -0.39 is 0 Å². The van der Waals surface area contributed by atoms with Crippen LogP contribution in [0.25, 0.3) is 0 Å². The first-order valence-corrected chi connectivity index (χ1v) is 4.52. The molecule has 0 bridgehead atoms. The van der Waals surface area contributed by atoms with E-state index in [2.05, 4.69) is 44.8 Å². The average molecular weight is 165 g/mol. The lowest BCUT2D eigenvalue weighted by Crippen LogP contribution is -2.59. The fourth-order valence-corrected chi connectivity index (χ4v) is 1.82. The summed E-state index contributed by atoms with van der Waals surface area (Å²) >= 11 is 0. The molecule has 0 fully saturated rings. The molecule has 0 aromatic heterocycles. The minimum atomic E-state index is 0.139. The van der Waals surface area contributed by atoms with Crippen LogP contribution in [0, 0.1) is 11.3 Å². The second-order valence-corrected chi connectivity index (χ2v) is 4.09. The molecule has 1 rings (SSSR count). The van der Waals surface area contributed by atoms with Gasteiger partial charge in [0.15, 0.2) is 0 Å². The maximum Gasteiger partial charge on any atom is 0.0428 e. The lowest BCUT2D eigenvalue weighted by molar-refractivity contribution is 0.145. The van der Waals surface area contributed by atoms with E-state index in [0.29, 0.717) is 5.92 Å². The van der Waals surface area contributed by atoms with Crippen LogP contribution in [0.3, 0.4) is 0 Å². The molecule has 0 heterocycles. The third kappa shape index (κ3) is 0.962. The van der Waals surface area contributed by atoms with Crippen molar-refractivity contribution in [3.63, 3.8) is 0 Å². The molecular formula is C11H19N. The van der Waals surface area contributed by atoms with Crippen molar-refractivity contribution in [3.05, 3.63) is 24.8 Å². The predicted octanol–water partition coefficient (Wildman–Crippen LogP) is 2.36. The molecule has 0 saturated heterocycles. The largest absolute Gasteiger partial charge is 0.310 e. The molecule has 0 spiro atoms. The zero-order chi connectivity index (χ0) is 9.41. The van der Waals surface area contributed by atoms with Gasteiger partial charge in [-0.2, -0.15) is 0 Å². The summed E-state index contributed by atoms with van der Waals surface area (Å²) in [6, 6.07) is 0. The summed E-state index contributed by atoms with van der Waals surface area (Å²) in [5.74, 6) is 0.514. The summed E-state index contributed by atoms with van der Waals surface area (Å²) in [6.45, 7) is 10.6. The average Bonchev–Trinajstić information content (AvgIpc) is 2.11. The second-order valence-electron chi connectivity index (χ2n) is 4.09. The normalized spacial score (nSPS) is 42.0. The van der Waals surface area contributed by atoms with E-state index in [9.17, 15) is 0 Å². The molecule has 0 aromatic carbocycles. The lowest BCUT2D eigenvalue weighted by Gasteiger charge is -2.52. The molecule has 0 aliphatic heterocycles. The quantitative estimate of drug-likeness (QED) is 0.633. The van der Waals surface area contributed by atoms with E-state index in [1.54, 1.807) is 0 Å². The van der Waals surface area contributed by atoms with Gasteiger partial charge >= 0.3 is 0 Å². The minimum absolute atomic E-state index is 0.139. The SMILES string of the molecule is C=CC(C)C1(C)C=CC1(C)NC. The summed E-state index contributed by atoms with van der Waals surface area (Å²) < 4.78 is 0. The first-order chi connectivity index (χ1) is 5.50. The topological polar surface area (TPSA) is 12.0 Å². The molecule has 0 radical (unpaired) electrons. The monoisotopic (exact) mass is 165 g/mol. The Labute approximate surface area is 75.6 Å². The molecule has 12 heavy (non-hydrogen) atoms. The molecule has 3 atom stereocenters. The molecule has 1 aliphatic carbocycles. The van der Waals surface area contributed by atoms with Crippen molar-refractivity contribution in [2.45, 2.75) is 26.3 Å². The van der Waals surface area contributed by atoms with Crippen molar-refractivity contribution in [1.29, 1.82) is 0 Å². The van der Waals surface area contributed by atoms with E-state index in [-0.39, 0.29) is 11.0 Å². The number of hydrogen-bond acceptors (Lipinski definition) is 1. The van der Waals surface area contributed by atoms with E-state index in [1.165, 1.54) is 0 Å². The van der Waals surface area contributed by atoms with Gasteiger partial charge in [-0.15, -0.1) is 6.58 Å². The third-order valence-electron chi connectivity index (χ3n) is 3.70. The Morgan fingerprint density at radius 1 is 1.42 bits per heavy atom. The molecule has 1 heteroatoms. The Morgan fingerprint density at radius 3 is 2.25 bits per heavy atom. The van der Waals surface area contributed by atoms with Gasteiger partial charge in [0.05, 0.1) is 0 Å². The van der Waals surface area contributed by atoms with Crippen molar-refractivity contribution in [2.75, 3.05) is 7.05 Å². The Morgan fingerprint density at radius 2 is 2.00 bits per heavy atom. The van der Waals surface area contributed by atoms with E-state index in [1.807, 2.05) is 13.1 Å². The highest BCUT2D eigenvalue weighted by Crippen LogP contribution is 2.48. The van der Waals surface area contributed by atoms with Crippen LogP contribution in [0.4, 0.5) is 0 Å². The summed E-state index contributed by atoms with van der Waals surface area (Å²) in [6.07, 6.45) is 6.53. The van der Waals surface area contributed by atoms with Crippen molar-refractivity contribution in [2.24, 2.45) is 11.3 Å². The van der Waals surface area contributed by atoms with Crippen molar-refractivity contribution < 1.29 is 0 Å². The number of nitrogens with one attached hydrogen (secondary N) is 1. The fourth-order valence-electron chi connectivity index (χ4n) is 1.82. The van der Waals surface area contributed by atoms with Crippen LogP contribution in [0.2, 0.25) is 0 Å². The summed E-state index contributed by atoms with van der Waals surface area (Å²) in [4.78, 5) is 0. The van der Waals surface area contributed by atoms with Crippen molar-refractivity contribution in [1.82, 2.24) is 5.32 Å². The smallest absolute Gasteiger partial charge is 0.0428 e. The Kier molecular flexibility index (Phi) is 2.17. The molecule has 1 N–H and O–H groups in total. The van der Waals surface area contributed by atoms with Crippen LogP contribution in [-0.4, -0.2) is 12.6 Å². The molecule has 1 nitrogen and oxygen atoms in total. The maximum atomic E-state index is 3.85. The lowest BCUT2D eigenvalue weighted by atomic mass is 9.57. The summed E-state index contributed by atoms with van der Waals surface area (Å²) in [5, 5.41) is 3.35. The van der Waals surface area contributed by atoms with Crippen LogP contribution in [0.1, 0.15) is 20.8 Å². The van der Waals surface area contributed by atoms with Gasteiger partial charge in [0.1, 0.15) is 0 Å². The Balaban J connectivity index is 2.89. The molecule has 0 amide bonds. The minimum Gasteiger partial charge on any atom is -0.310 e. The molecule has 1 aliphatic rings. The fraction of sp³-hybridized carbons (Fsp3) is 0.636. The van der Waals surface area contributed by atoms with Crippen LogP contribution < -0.4 is 5.32 Å². The summed E-state index contributed by atoms with van der Waals surface area (Å²) in [5.41, 5.74) is 0.365. The van der Waals surface area contributed by atoms with Crippen molar-refractivity contribution in [3.8, 4) is 0 Å². The first kappa shape index (κ1) is 9.53. The van der Waals surface area contributed by atoms with Crippen molar-refractivity contribution >= 4 is 0 Å². The summed E-state index contributed by atoms with van der Waals surface area (Å²) in [7, 11) is 2.01. The van der Waals surface area contributed by atoms with Gasteiger partial charge in [0.2, 0.25) is 0 Å². The van der Waals surface area contributed by atoms with Crippen LogP contribution in [0.5, 0.6) is 0 Å². The van der Waals surface area contributed by atoms with Crippen LogP contribution >= 0.6 is 0 Å². The van der Waals surface area contributed by atoms with Gasteiger partial charge in [-0.3, -0.25) is 0 Å². The Hall–Kier alpha value is -0.560. The van der Waals surface area contributed by atoms with Crippen LogP contribution in [0.15, 0.2) is 24.8 Å². The van der Waals surface area contributed by atoms with Gasteiger partial charge in [0, 0.05) is 11.0 Å². The zero-order valence-electron chi connectivity index (χ0n) is 8.52. The number of allylic oxidation sites excluding steroid dienone is 1. The predicted molar refractivity (Wildman–Crippen MR) is 54.1 cm³/mol. The van der Waals surface area contributed by atoms with Gasteiger partial charge in [0.25, 0.3) is 0 Å². The van der Waals surface area contributed by atoms with Crippen LogP contribution in [-0.2, 0) is 0 Å². The third-order valence-corrected chi connectivity index (χ3v) is 3.70. The van der Waals surface area contributed by atoms with E-state index >= 15 is 0 Å². The second kappa shape index (κ2) is 2.74. The standard InChI is InChI=1S/C11H19N/c1-6-9(2)10(3)7-8-11(10,4)12-5/h6-9,12H,1H2,2-5H3. The zero-order valence-corrected chi connectivity index (χ0v) is 8.52. The Bertz CT molecular complexity index is 219. The van der Waals surface area contributed by atoms with Gasteiger partial charge < -0.3 is 5.32 Å². The van der Waals surface area contributed by atoms with Gasteiger partial charge in [-0.05, 0) is 19.9 Å².